The number of rotatable bonds is 6. The van der Waals surface area contributed by atoms with Crippen molar-refractivity contribution in [1.82, 2.24) is 19.7 Å². The molecule has 0 spiro atoms. The Labute approximate surface area is 247 Å². The quantitative estimate of drug-likeness (QED) is 0.213. The third kappa shape index (κ3) is 5.18. The van der Waals surface area contributed by atoms with E-state index in [1.165, 1.54) is 46.9 Å². The third-order valence-corrected chi connectivity index (χ3v) is 9.71. The summed E-state index contributed by atoms with van der Waals surface area (Å²) in [5, 5.41) is 10.0. The summed E-state index contributed by atoms with van der Waals surface area (Å²) in [5.74, 6) is 1.01. The zero-order valence-corrected chi connectivity index (χ0v) is 24.6. The molecule has 3 aromatic heterocycles. The zero-order chi connectivity index (χ0) is 28.1. The lowest BCUT2D eigenvalue weighted by Gasteiger charge is -2.37. The molecule has 4 heterocycles. The predicted octanol–water partition coefficient (Wildman–Crippen LogP) is 7.18. The van der Waals surface area contributed by atoms with Crippen LogP contribution in [0, 0.1) is 5.82 Å². The van der Waals surface area contributed by atoms with Crippen molar-refractivity contribution in [2.45, 2.75) is 38.3 Å². The molecule has 0 bridgehead atoms. The topological polar surface area (TPSA) is 64.9 Å². The van der Waals surface area contributed by atoms with Crippen molar-refractivity contribution in [2.24, 2.45) is 0 Å². The molecule has 0 radical (unpaired) electrons. The van der Waals surface area contributed by atoms with Crippen LogP contribution in [0.2, 0.25) is 5.02 Å². The van der Waals surface area contributed by atoms with Crippen molar-refractivity contribution in [3.8, 4) is 16.2 Å². The van der Waals surface area contributed by atoms with Gasteiger partial charge in [0.2, 0.25) is 0 Å². The van der Waals surface area contributed by atoms with E-state index in [1.54, 1.807) is 23.7 Å². The standard InChI is InChI=1S/C31H31ClFN6OS/c1-39(2)12-10-22(11-13-39)38-16-24-26(37-38)8-7-23-28-30(34-18-35-31(28)41-29(23)24)36-21-6-9-27(25(32)15-21)40-17-19-4-3-5-20(33)14-19/h3-6,9,14-16,18,22H,7-8,10-13,17H2,1-2H3,(H,34,35,36)/q+1. The Morgan fingerprint density at radius 2 is 1.98 bits per heavy atom. The fourth-order valence-electron chi connectivity index (χ4n) is 5.91. The number of hydrogen-bond acceptors (Lipinski definition) is 6. The van der Waals surface area contributed by atoms with Gasteiger partial charge in [-0.05, 0) is 54.3 Å². The van der Waals surface area contributed by atoms with Gasteiger partial charge in [-0.25, -0.2) is 14.4 Å². The van der Waals surface area contributed by atoms with Crippen molar-refractivity contribution < 1.29 is 13.6 Å². The molecule has 7 nitrogen and oxygen atoms in total. The molecule has 1 aliphatic heterocycles. The van der Waals surface area contributed by atoms with Crippen LogP contribution in [0.3, 0.4) is 0 Å². The van der Waals surface area contributed by atoms with Crippen LogP contribution in [-0.4, -0.2) is 51.4 Å². The van der Waals surface area contributed by atoms with Crippen molar-refractivity contribution in [3.63, 3.8) is 0 Å². The molecule has 7 rings (SSSR count). The van der Waals surface area contributed by atoms with E-state index in [0.717, 1.165) is 57.5 Å². The first kappa shape index (κ1) is 26.4. The van der Waals surface area contributed by atoms with E-state index >= 15 is 0 Å². The average Bonchev–Trinajstić information content (AvgIpc) is 3.55. The van der Waals surface area contributed by atoms with Crippen LogP contribution in [0.25, 0.3) is 20.7 Å². The Kier molecular flexibility index (Phi) is 6.68. The van der Waals surface area contributed by atoms with Crippen molar-refractivity contribution >= 4 is 44.7 Å². The molecular weight excluding hydrogens is 559 g/mol. The molecule has 0 amide bonds. The molecule has 0 saturated carbocycles. The van der Waals surface area contributed by atoms with Gasteiger partial charge in [0.05, 0.1) is 49.3 Å². The summed E-state index contributed by atoms with van der Waals surface area (Å²) in [7, 11) is 4.62. The number of nitrogens with zero attached hydrogens (tertiary/aromatic N) is 5. The largest absolute Gasteiger partial charge is 0.487 e. The number of thiophene rings is 1. The lowest BCUT2D eigenvalue weighted by atomic mass is 9.95. The maximum Gasteiger partial charge on any atom is 0.142 e. The van der Waals surface area contributed by atoms with Crippen LogP contribution in [0.4, 0.5) is 15.9 Å². The van der Waals surface area contributed by atoms with E-state index in [2.05, 4.69) is 40.3 Å². The Morgan fingerprint density at radius 3 is 2.78 bits per heavy atom. The SMILES string of the molecule is C[N+]1(C)CCC(n2cc3c(n2)CCc2c-3sc3ncnc(Nc4ccc(OCc5cccc(F)c5)c(Cl)c4)c23)CC1. The minimum Gasteiger partial charge on any atom is -0.487 e. The monoisotopic (exact) mass is 589 g/mol. The van der Waals surface area contributed by atoms with Gasteiger partial charge in [0, 0.05) is 35.2 Å². The van der Waals surface area contributed by atoms with Gasteiger partial charge in [-0.3, -0.25) is 4.68 Å². The molecule has 0 unspecified atom stereocenters. The van der Waals surface area contributed by atoms with E-state index in [9.17, 15) is 4.39 Å². The van der Waals surface area contributed by atoms with E-state index < -0.39 is 0 Å². The van der Waals surface area contributed by atoms with E-state index in [1.807, 2.05) is 24.3 Å². The van der Waals surface area contributed by atoms with E-state index in [-0.39, 0.29) is 12.4 Å². The number of fused-ring (bicyclic) bond motifs is 5. The number of aromatic nitrogens is 4. The molecule has 1 saturated heterocycles. The molecule has 0 atom stereocenters. The Balaban J connectivity index is 1.13. The van der Waals surface area contributed by atoms with Gasteiger partial charge in [0.1, 0.15) is 35.1 Å². The highest BCUT2D eigenvalue weighted by atomic mass is 35.5. The van der Waals surface area contributed by atoms with Gasteiger partial charge in [-0.2, -0.15) is 5.10 Å². The number of aryl methyl sites for hydroxylation is 2. The normalized spacial score (nSPS) is 16.4. The van der Waals surface area contributed by atoms with E-state index in [0.29, 0.717) is 16.8 Å². The van der Waals surface area contributed by atoms with Gasteiger partial charge >= 0.3 is 0 Å². The van der Waals surface area contributed by atoms with Crippen LogP contribution in [0.1, 0.15) is 35.7 Å². The number of quaternary nitrogens is 1. The van der Waals surface area contributed by atoms with Crippen LogP contribution in [0.5, 0.6) is 5.75 Å². The second kappa shape index (κ2) is 10.4. The first-order chi connectivity index (χ1) is 19.8. The van der Waals surface area contributed by atoms with Crippen LogP contribution >= 0.6 is 22.9 Å². The number of halogens is 2. The number of piperidine rings is 1. The van der Waals surface area contributed by atoms with Gasteiger partial charge < -0.3 is 14.5 Å². The van der Waals surface area contributed by atoms with Gasteiger partial charge in [-0.1, -0.05) is 23.7 Å². The highest BCUT2D eigenvalue weighted by Gasteiger charge is 2.31. The lowest BCUT2D eigenvalue weighted by Crippen LogP contribution is -2.46. The fourth-order valence-corrected chi connectivity index (χ4v) is 7.37. The molecular formula is C31H31ClFN6OS+. The second-order valence-corrected chi connectivity index (χ2v) is 13.0. The number of likely N-dealkylation sites (tertiary alicyclic amines) is 1. The predicted molar refractivity (Wildman–Crippen MR) is 162 cm³/mol. The zero-order valence-electron chi connectivity index (χ0n) is 23.0. The highest BCUT2D eigenvalue weighted by molar-refractivity contribution is 7.22. The number of anilines is 2. The molecule has 2 aliphatic rings. The molecule has 210 valence electrons. The first-order valence-corrected chi connectivity index (χ1v) is 15.1. The summed E-state index contributed by atoms with van der Waals surface area (Å²) < 4.78 is 22.7. The maximum absolute atomic E-state index is 13.5. The average molecular weight is 590 g/mol. The van der Waals surface area contributed by atoms with E-state index in [4.69, 9.17) is 21.4 Å². The van der Waals surface area contributed by atoms with Crippen molar-refractivity contribution in [3.05, 3.63) is 82.6 Å². The third-order valence-electron chi connectivity index (χ3n) is 8.24. The number of hydrogen-bond donors (Lipinski definition) is 1. The highest BCUT2D eigenvalue weighted by Crippen LogP contribution is 2.46. The summed E-state index contributed by atoms with van der Waals surface area (Å²) >= 11 is 8.28. The summed E-state index contributed by atoms with van der Waals surface area (Å²) in [4.78, 5) is 11.5. The Morgan fingerprint density at radius 1 is 1.12 bits per heavy atom. The molecule has 5 aromatic rings. The minimum atomic E-state index is -0.290. The molecule has 2 aromatic carbocycles. The van der Waals surface area contributed by atoms with Gasteiger partial charge in [0.25, 0.3) is 0 Å². The van der Waals surface area contributed by atoms with Crippen LogP contribution in [-0.2, 0) is 19.4 Å². The molecule has 1 N–H and O–H groups in total. The summed E-state index contributed by atoms with van der Waals surface area (Å²) in [6.07, 6.45) is 8.00. The molecule has 1 fully saturated rings. The Hall–Kier alpha value is -3.53. The lowest BCUT2D eigenvalue weighted by molar-refractivity contribution is -0.895. The minimum absolute atomic E-state index is 0.231. The first-order valence-electron chi connectivity index (χ1n) is 13.9. The number of benzene rings is 2. The van der Waals surface area contributed by atoms with Crippen LogP contribution in [0.15, 0.2) is 55.0 Å². The molecule has 41 heavy (non-hydrogen) atoms. The molecule has 10 heteroatoms. The summed E-state index contributed by atoms with van der Waals surface area (Å²) in [6, 6.07) is 12.4. The second-order valence-electron chi connectivity index (χ2n) is 11.6. The summed E-state index contributed by atoms with van der Waals surface area (Å²) in [5.41, 5.74) is 5.25. The summed E-state index contributed by atoms with van der Waals surface area (Å²) in [6.45, 7) is 2.59. The van der Waals surface area contributed by atoms with Crippen LogP contribution < -0.4 is 10.1 Å². The Bertz CT molecular complexity index is 1760. The van der Waals surface area contributed by atoms with Gasteiger partial charge in [0.15, 0.2) is 0 Å². The van der Waals surface area contributed by atoms with Crippen molar-refractivity contribution in [2.75, 3.05) is 32.5 Å². The van der Waals surface area contributed by atoms with Crippen molar-refractivity contribution in [1.29, 1.82) is 0 Å². The number of nitrogens with one attached hydrogen (secondary N) is 1. The molecule has 1 aliphatic carbocycles. The maximum atomic E-state index is 13.5. The van der Waals surface area contributed by atoms with Gasteiger partial charge in [-0.15, -0.1) is 11.3 Å². The number of ether oxygens (including phenoxy) is 1. The fraction of sp³-hybridized carbons (Fsp3) is 0.323. The smallest absolute Gasteiger partial charge is 0.142 e.